The molecule has 1 N–H and O–H groups in total. The summed E-state index contributed by atoms with van der Waals surface area (Å²) in [5.41, 5.74) is 4.90. The third-order valence-corrected chi connectivity index (χ3v) is 4.69. The molecule has 0 spiro atoms. The largest absolute Gasteiger partial charge is 0.452 e. The second-order valence-corrected chi connectivity index (χ2v) is 7.16. The molecule has 0 unspecified atom stereocenters. The fourth-order valence-electron chi connectivity index (χ4n) is 3.26. The van der Waals surface area contributed by atoms with Gasteiger partial charge in [0.2, 0.25) is 5.91 Å². The number of hydrogen-bond acceptors (Lipinski definition) is 4. The van der Waals surface area contributed by atoms with Crippen LogP contribution in [0.1, 0.15) is 39.5 Å². The van der Waals surface area contributed by atoms with Gasteiger partial charge in [-0.25, -0.2) is 4.79 Å². The molecule has 0 fully saturated rings. The lowest BCUT2D eigenvalue weighted by Gasteiger charge is -2.18. The number of esters is 1. The summed E-state index contributed by atoms with van der Waals surface area (Å²) >= 11 is 0. The predicted octanol–water partition coefficient (Wildman–Crippen LogP) is 3.43. The number of carbonyl (C=O) groups is 3. The van der Waals surface area contributed by atoms with Crippen LogP contribution in [0.3, 0.4) is 0 Å². The Morgan fingerprint density at radius 2 is 1.66 bits per heavy atom. The molecule has 29 heavy (non-hydrogen) atoms. The van der Waals surface area contributed by atoms with Crippen molar-refractivity contribution in [2.24, 2.45) is 0 Å². The van der Waals surface area contributed by atoms with Crippen LogP contribution in [0.4, 0.5) is 5.69 Å². The topological polar surface area (TPSA) is 75.7 Å². The van der Waals surface area contributed by atoms with Gasteiger partial charge in [-0.15, -0.1) is 0 Å². The normalized spacial score (nSPS) is 10.4. The standard InChI is InChI=1S/C23H28N2O4/c1-6-18-9-7-8-10-19(18)24-20(26)13-25(5)21(27)14-29-23(28)22-16(3)11-15(2)12-17(22)4/h7-12H,6,13-14H2,1-5H3,(H,24,26). The van der Waals surface area contributed by atoms with Crippen molar-refractivity contribution in [3.63, 3.8) is 0 Å². The number of nitrogens with zero attached hydrogens (tertiary/aromatic N) is 1. The molecule has 0 bridgehead atoms. The van der Waals surface area contributed by atoms with E-state index in [1.165, 1.54) is 11.9 Å². The zero-order valence-corrected chi connectivity index (χ0v) is 17.7. The van der Waals surface area contributed by atoms with Gasteiger partial charge in [-0.1, -0.05) is 42.8 Å². The van der Waals surface area contributed by atoms with Crippen LogP contribution in [-0.4, -0.2) is 42.9 Å². The fraction of sp³-hybridized carbons (Fsp3) is 0.348. The summed E-state index contributed by atoms with van der Waals surface area (Å²) < 4.78 is 5.19. The van der Waals surface area contributed by atoms with Gasteiger partial charge in [-0.3, -0.25) is 9.59 Å². The van der Waals surface area contributed by atoms with Crippen LogP contribution >= 0.6 is 0 Å². The highest BCUT2D eigenvalue weighted by atomic mass is 16.5. The van der Waals surface area contributed by atoms with E-state index in [0.29, 0.717) is 5.56 Å². The van der Waals surface area contributed by atoms with Gasteiger partial charge >= 0.3 is 5.97 Å². The highest BCUT2D eigenvalue weighted by Gasteiger charge is 2.19. The Hall–Kier alpha value is -3.15. The molecule has 0 aliphatic carbocycles. The quantitative estimate of drug-likeness (QED) is 0.728. The van der Waals surface area contributed by atoms with Gasteiger partial charge in [0.05, 0.1) is 12.1 Å². The molecule has 2 amide bonds. The lowest BCUT2D eigenvalue weighted by Crippen LogP contribution is -2.37. The molecule has 0 saturated heterocycles. The van der Waals surface area contributed by atoms with Gasteiger partial charge in [0.25, 0.3) is 5.91 Å². The number of hydrogen-bond donors (Lipinski definition) is 1. The molecule has 2 aromatic rings. The Bertz CT molecular complexity index is 898. The maximum atomic E-state index is 12.4. The molecule has 0 aliphatic rings. The molecule has 0 aliphatic heterocycles. The molecule has 2 aromatic carbocycles. The molecule has 0 aromatic heterocycles. The Labute approximate surface area is 171 Å². The molecular formula is C23H28N2O4. The van der Waals surface area contributed by atoms with Crippen molar-refractivity contribution >= 4 is 23.5 Å². The number of carbonyl (C=O) groups excluding carboxylic acids is 3. The molecule has 0 heterocycles. The molecule has 0 atom stereocenters. The number of anilines is 1. The Morgan fingerprint density at radius 1 is 1.03 bits per heavy atom. The Balaban J connectivity index is 1.90. The molecule has 6 heteroatoms. The number of para-hydroxylation sites is 1. The van der Waals surface area contributed by atoms with Crippen LogP contribution < -0.4 is 5.32 Å². The van der Waals surface area contributed by atoms with E-state index in [0.717, 1.165) is 34.4 Å². The summed E-state index contributed by atoms with van der Waals surface area (Å²) in [7, 11) is 1.50. The average molecular weight is 396 g/mol. The van der Waals surface area contributed by atoms with Crippen LogP contribution in [0.5, 0.6) is 0 Å². The number of nitrogens with one attached hydrogen (secondary N) is 1. The van der Waals surface area contributed by atoms with Gasteiger partial charge in [0.15, 0.2) is 6.61 Å². The van der Waals surface area contributed by atoms with E-state index < -0.39 is 18.5 Å². The van der Waals surface area contributed by atoms with Crippen molar-refractivity contribution in [2.45, 2.75) is 34.1 Å². The van der Waals surface area contributed by atoms with Crippen LogP contribution in [-0.2, 0) is 20.7 Å². The molecule has 2 rings (SSSR count). The fourth-order valence-corrected chi connectivity index (χ4v) is 3.26. The summed E-state index contributed by atoms with van der Waals surface area (Å²) in [4.78, 5) is 38.2. The van der Waals surface area contributed by atoms with E-state index in [4.69, 9.17) is 4.74 Å². The van der Waals surface area contributed by atoms with Crippen LogP contribution in [0.2, 0.25) is 0 Å². The minimum atomic E-state index is -0.539. The molecular weight excluding hydrogens is 368 g/mol. The first-order valence-corrected chi connectivity index (χ1v) is 9.59. The van der Waals surface area contributed by atoms with E-state index in [1.807, 2.05) is 64.1 Å². The van der Waals surface area contributed by atoms with Gasteiger partial charge in [0, 0.05) is 12.7 Å². The number of likely N-dealkylation sites (N-methyl/N-ethyl adjacent to an activating group) is 1. The number of amides is 2. The minimum Gasteiger partial charge on any atom is -0.452 e. The maximum Gasteiger partial charge on any atom is 0.339 e. The van der Waals surface area contributed by atoms with E-state index in [2.05, 4.69) is 5.32 Å². The van der Waals surface area contributed by atoms with Crippen molar-refractivity contribution in [3.8, 4) is 0 Å². The first kappa shape index (κ1) is 22.1. The third-order valence-electron chi connectivity index (χ3n) is 4.69. The van der Waals surface area contributed by atoms with E-state index in [1.54, 1.807) is 0 Å². The molecule has 154 valence electrons. The predicted molar refractivity (Wildman–Crippen MR) is 113 cm³/mol. The maximum absolute atomic E-state index is 12.4. The monoisotopic (exact) mass is 396 g/mol. The summed E-state index contributed by atoms with van der Waals surface area (Å²) in [5.74, 6) is -1.29. The highest BCUT2D eigenvalue weighted by Crippen LogP contribution is 2.18. The number of aryl methyl sites for hydroxylation is 4. The lowest BCUT2D eigenvalue weighted by molar-refractivity contribution is -0.136. The van der Waals surface area contributed by atoms with E-state index in [-0.39, 0.29) is 12.5 Å². The third kappa shape index (κ3) is 5.91. The number of rotatable bonds is 7. The minimum absolute atomic E-state index is 0.128. The van der Waals surface area contributed by atoms with Crippen LogP contribution in [0, 0.1) is 20.8 Å². The van der Waals surface area contributed by atoms with Gasteiger partial charge in [-0.2, -0.15) is 0 Å². The van der Waals surface area contributed by atoms with Crippen molar-refractivity contribution in [1.82, 2.24) is 4.90 Å². The average Bonchev–Trinajstić information content (AvgIpc) is 2.65. The first-order chi connectivity index (χ1) is 13.7. The van der Waals surface area contributed by atoms with Crippen molar-refractivity contribution < 1.29 is 19.1 Å². The first-order valence-electron chi connectivity index (χ1n) is 9.59. The lowest BCUT2D eigenvalue weighted by atomic mass is 10.00. The van der Waals surface area contributed by atoms with Crippen molar-refractivity contribution in [3.05, 3.63) is 64.2 Å². The zero-order chi connectivity index (χ0) is 21.6. The van der Waals surface area contributed by atoms with Gasteiger partial charge < -0.3 is 15.0 Å². The second-order valence-electron chi connectivity index (χ2n) is 7.16. The number of benzene rings is 2. The molecule has 0 radical (unpaired) electrons. The molecule has 6 nitrogen and oxygen atoms in total. The van der Waals surface area contributed by atoms with Gasteiger partial charge in [-0.05, 0) is 49.9 Å². The van der Waals surface area contributed by atoms with E-state index >= 15 is 0 Å². The van der Waals surface area contributed by atoms with Crippen molar-refractivity contribution in [2.75, 3.05) is 25.5 Å². The summed E-state index contributed by atoms with van der Waals surface area (Å²) in [6.07, 6.45) is 0.791. The van der Waals surface area contributed by atoms with Crippen LogP contribution in [0.25, 0.3) is 0 Å². The summed E-state index contributed by atoms with van der Waals surface area (Å²) in [6, 6.07) is 11.3. The Morgan fingerprint density at radius 3 is 2.28 bits per heavy atom. The summed E-state index contributed by atoms with van der Waals surface area (Å²) in [6.45, 7) is 7.09. The smallest absolute Gasteiger partial charge is 0.339 e. The van der Waals surface area contributed by atoms with E-state index in [9.17, 15) is 14.4 Å². The Kier molecular flexibility index (Phi) is 7.53. The number of ether oxygens (including phenoxy) is 1. The summed E-state index contributed by atoms with van der Waals surface area (Å²) in [5, 5.41) is 2.82. The SMILES string of the molecule is CCc1ccccc1NC(=O)CN(C)C(=O)COC(=O)c1c(C)cc(C)cc1C. The highest BCUT2D eigenvalue weighted by molar-refractivity contribution is 5.96. The second kappa shape index (κ2) is 9.87. The van der Waals surface area contributed by atoms with Crippen LogP contribution in [0.15, 0.2) is 36.4 Å². The van der Waals surface area contributed by atoms with Gasteiger partial charge in [0.1, 0.15) is 0 Å². The van der Waals surface area contributed by atoms with Crippen molar-refractivity contribution in [1.29, 1.82) is 0 Å². The molecule has 0 saturated carbocycles. The zero-order valence-electron chi connectivity index (χ0n) is 17.7.